The minimum Gasteiger partial charge on any atom is -0.439 e. The largest absolute Gasteiger partial charge is 0.439 e. The molecule has 1 aromatic heterocycles. The first-order chi connectivity index (χ1) is 9.81. The average molecular weight is 366 g/mol. The second-order valence-corrected chi connectivity index (χ2v) is 4.93. The molecule has 8 heteroatoms. The molecule has 3 nitrogen and oxygen atoms in total. The van der Waals surface area contributed by atoms with Crippen molar-refractivity contribution in [3.05, 3.63) is 51.9 Å². The monoisotopic (exact) mass is 365 g/mol. The van der Waals surface area contributed by atoms with Crippen LogP contribution in [0.15, 0.2) is 34.9 Å². The first-order valence-electron chi connectivity index (χ1n) is 5.61. The lowest BCUT2D eigenvalue weighted by molar-refractivity contribution is -0.140. The van der Waals surface area contributed by atoms with Crippen molar-refractivity contribution in [3.8, 4) is 11.6 Å². The van der Waals surface area contributed by atoms with Crippen LogP contribution in [0.4, 0.5) is 17.6 Å². The molecule has 0 aliphatic heterocycles. The van der Waals surface area contributed by atoms with E-state index in [-0.39, 0.29) is 17.2 Å². The summed E-state index contributed by atoms with van der Waals surface area (Å²) in [4.78, 5) is 3.85. The van der Waals surface area contributed by atoms with E-state index in [0.29, 0.717) is 16.6 Å². The first kappa shape index (κ1) is 15.7. The van der Waals surface area contributed by atoms with Crippen molar-refractivity contribution in [2.45, 2.75) is 12.8 Å². The molecule has 21 heavy (non-hydrogen) atoms. The molecule has 112 valence electrons. The lowest BCUT2D eigenvalue weighted by Crippen LogP contribution is -2.08. The Labute approximate surface area is 125 Å². The van der Waals surface area contributed by atoms with Gasteiger partial charge in [-0.25, -0.2) is 9.37 Å². The Morgan fingerprint density at radius 1 is 1.24 bits per heavy atom. The summed E-state index contributed by atoms with van der Waals surface area (Å²) in [5.41, 5.74) is -1.15. The molecule has 2 rings (SSSR count). The highest BCUT2D eigenvalue weighted by molar-refractivity contribution is 9.10. The molecule has 0 saturated carbocycles. The van der Waals surface area contributed by atoms with Gasteiger partial charge in [-0.1, -0.05) is 0 Å². The molecular formula is C13H8BrF4NO2. The molecule has 0 bridgehead atoms. The molecule has 0 radical (unpaired) electrons. The van der Waals surface area contributed by atoms with E-state index in [9.17, 15) is 17.6 Å². The zero-order valence-electron chi connectivity index (χ0n) is 10.3. The Kier molecular flexibility index (Phi) is 4.48. The summed E-state index contributed by atoms with van der Waals surface area (Å²) in [5.74, 6) is -1.67. The molecular weight excluding hydrogens is 358 g/mol. The highest BCUT2D eigenvalue weighted by Gasteiger charge is 2.34. The summed E-state index contributed by atoms with van der Waals surface area (Å²) >= 11 is 3.14. The minimum atomic E-state index is -4.82. The number of hydrogen-bond acceptors (Lipinski definition) is 3. The topological polar surface area (TPSA) is 42.4 Å². The Morgan fingerprint density at radius 2 is 1.95 bits per heavy atom. The van der Waals surface area contributed by atoms with Gasteiger partial charge in [-0.05, 0) is 40.2 Å². The third-order valence-electron chi connectivity index (χ3n) is 2.52. The van der Waals surface area contributed by atoms with Gasteiger partial charge in [0.1, 0.15) is 11.6 Å². The van der Waals surface area contributed by atoms with Crippen LogP contribution in [-0.2, 0) is 12.8 Å². The number of aromatic nitrogens is 1. The fourth-order valence-corrected chi connectivity index (χ4v) is 1.95. The molecule has 1 N–H and O–H groups in total. The van der Waals surface area contributed by atoms with Gasteiger partial charge in [0.2, 0.25) is 5.88 Å². The van der Waals surface area contributed by atoms with Crippen molar-refractivity contribution in [2.75, 3.05) is 0 Å². The van der Waals surface area contributed by atoms with Gasteiger partial charge < -0.3 is 9.84 Å². The van der Waals surface area contributed by atoms with Crippen LogP contribution < -0.4 is 4.74 Å². The fourth-order valence-electron chi connectivity index (χ4n) is 1.57. The standard InChI is InChI=1S/C13H8BrF4NO2/c14-8-3-7(6-20)12(19-5-8)21-9-1-2-11(15)10(4-9)13(16,17)18/h1-5,20H,6H2. The Morgan fingerprint density at radius 3 is 2.57 bits per heavy atom. The van der Waals surface area contributed by atoms with Crippen LogP contribution >= 0.6 is 15.9 Å². The van der Waals surface area contributed by atoms with Crippen LogP contribution in [0.3, 0.4) is 0 Å². The van der Waals surface area contributed by atoms with E-state index in [0.717, 1.165) is 6.07 Å². The van der Waals surface area contributed by atoms with E-state index in [1.165, 1.54) is 12.3 Å². The molecule has 0 amide bonds. The van der Waals surface area contributed by atoms with Crippen molar-refractivity contribution in [1.29, 1.82) is 0 Å². The third-order valence-corrected chi connectivity index (χ3v) is 2.95. The molecule has 0 atom stereocenters. The Hall–Kier alpha value is -1.67. The van der Waals surface area contributed by atoms with Gasteiger partial charge in [0.05, 0.1) is 12.2 Å². The second kappa shape index (κ2) is 5.98. The quantitative estimate of drug-likeness (QED) is 0.825. The third kappa shape index (κ3) is 3.70. The maximum atomic E-state index is 13.2. The number of rotatable bonds is 3. The van der Waals surface area contributed by atoms with Crippen LogP contribution in [0.2, 0.25) is 0 Å². The fraction of sp³-hybridized carbons (Fsp3) is 0.154. The second-order valence-electron chi connectivity index (χ2n) is 4.02. The van der Waals surface area contributed by atoms with Gasteiger partial charge >= 0.3 is 6.18 Å². The van der Waals surface area contributed by atoms with E-state index in [1.54, 1.807) is 0 Å². The molecule has 1 aromatic carbocycles. The van der Waals surface area contributed by atoms with Gasteiger partial charge in [-0.3, -0.25) is 0 Å². The van der Waals surface area contributed by atoms with E-state index in [4.69, 9.17) is 9.84 Å². The number of ether oxygens (including phenoxy) is 1. The van der Waals surface area contributed by atoms with Crippen molar-refractivity contribution < 1.29 is 27.4 Å². The normalized spacial score (nSPS) is 11.5. The van der Waals surface area contributed by atoms with Crippen LogP contribution in [0.1, 0.15) is 11.1 Å². The van der Waals surface area contributed by atoms with Gasteiger partial charge in [-0.15, -0.1) is 0 Å². The number of aliphatic hydroxyl groups excluding tert-OH is 1. The highest BCUT2D eigenvalue weighted by atomic mass is 79.9. The van der Waals surface area contributed by atoms with Crippen LogP contribution in [-0.4, -0.2) is 10.1 Å². The van der Waals surface area contributed by atoms with E-state index in [2.05, 4.69) is 20.9 Å². The first-order valence-corrected chi connectivity index (χ1v) is 6.40. The Bertz CT molecular complexity index is 661. The van der Waals surface area contributed by atoms with Gasteiger partial charge in [0.15, 0.2) is 0 Å². The van der Waals surface area contributed by atoms with Crippen LogP contribution in [0.25, 0.3) is 0 Å². The summed E-state index contributed by atoms with van der Waals surface area (Å²) in [7, 11) is 0. The van der Waals surface area contributed by atoms with Crippen LogP contribution in [0, 0.1) is 5.82 Å². The molecule has 0 unspecified atom stereocenters. The maximum absolute atomic E-state index is 13.2. The molecule has 2 aromatic rings. The van der Waals surface area contributed by atoms with Gasteiger partial charge in [0.25, 0.3) is 0 Å². The number of aliphatic hydroxyl groups is 1. The van der Waals surface area contributed by atoms with Crippen molar-refractivity contribution in [3.63, 3.8) is 0 Å². The number of hydrogen-bond donors (Lipinski definition) is 1. The highest BCUT2D eigenvalue weighted by Crippen LogP contribution is 2.35. The summed E-state index contributed by atoms with van der Waals surface area (Å²) in [6.45, 7) is -0.408. The van der Waals surface area contributed by atoms with Crippen molar-refractivity contribution >= 4 is 15.9 Å². The average Bonchev–Trinajstić information content (AvgIpc) is 2.41. The number of nitrogens with zero attached hydrogens (tertiary/aromatic N) is 1. The minimum absolute atomic E-state index is 0.0552. The Balaban J connectivity index is 2.37. The summed E-state index contributed by atoms with van der Waals surface area (Å²) in [6.07, 6.45) is -3.46. The van der Waals surface area contributed by atoms with Crippen molar-refractivity contribution in [2.24, 2.45) is 0 Å². The van der Waals surface area contributed by atoms with E-state index >= 15 is 0 Å². The summed E-state index contributed by atoms with van der Waals surface area (Å²) in [5, 5.41) is 9.17. The molecule has 0 fully saturated rings. The predicted molar refractivity (Wildman–Crippen MR) is 69.3 cm³/mol. The lowest BCUT2D eigenvalue weighted by Gasteiger charge is -2.12. The molecule has 0 saturated heterocycles. The van der Waals surface area contributed by atoms with Crippen molar-refractivity contribution in [1.82, 2.24) is 4.98 Å². The number of benzene rings is 1. The van der Waals surface area contributed by atoms with Gasteiger partial charge in [0, 0.05) is 16.2 Å². The molecule has 0 spiro atoms. The van der Waals surface area contributed by atoms with E-state index < -0.39 is 24.2 Å². The summed E-state index contributed by atoms with van der Waals surface area (Å²) < 4.78 is 56.8. The molecule has 1 heterocycles. The van der Waals surface area contributed by atoms with E-state index in [1.807, 2.05) is 0 Å². The molecule has 0 aliphatic carbocycles. The zero-order valence-corrected chi connectivity index (χ0v) is 11.9. The summed E-state index contributed by atoms with van der Waals surface area (Å²) in [6, 6.07) is 3.77. The van der Waals surface area contributed by atoms with Crippen LogP contribution in [0.5, 0.6) is 11.6 Å². The number of pyridine rings is 1. The molecule has 0 aliphatic rings. The predicted octanol–water partition coefficient (Wildman–Crippen LogP) is 4.29. The zero-order chi connectivity index (χ0) is 15.6. The number of alkyl halides is 3. The smallest absolute Gasteiger partial charge is 0.419 e. The SMILES string of the molecule is OCc1cc(Br)cnc1Oc1ccc(F)c(C(F)(F)F)c1. The number of halogens is 5. The van der Waals surface area contributed by atoms with Gasteiger partial charge in [-0.2, -0.15) is 13.2 Å². The maximum Gasteiger partial charge on any atom is 0.419 e. The lowest BCUT2D eigenvalue weighted by atomic mass is 10.2.